The van der Waals surface area contributed by atoms with Crippen molar-refractivity contribution in [2.45, 2.75) is 25.2 Å². The molecule has 0 aliphatic carbocycles. The van der Waals surface area contributed by atoms with Gasteiger partial charge in [-0.3, -0.25) is 9.88 Å². The van der Waals surface area contributed by atoms with Crippen molar-refractivity contribution >= 4 is 16.0 Å². The van der Waals surface area contributed by atoms with Crippen molar-refractivity contribution in [3.05, 3.63) is 30.1 Å². The zero-order valence-electron chi connectivity index (χ0n) is 15.8. The molecule has 2 saturated heterocycles. The molecule has 1 aromatic heterocycles. The molecule has 2 N–H and O–H groups in total. The van der Waals surface area contributed by atoms with Crippen LogP contribution in [0.1, 0.15) is 12.1 Å². The second-order valence-corrected chi connectivity index (χ2v) is 8.90. The number of pyridine rings is 1. The van der Waals surface area contributed by atoms with Gasteiger partial charge in [0.2, 0.25) is 10.0 Å². The number of ether oxygens (including phenoxy) is 1. The highest BCUT2D eigenvalue weighted by molar-refractivity contribution is 7.88. The third kappa shape index (κ3) is 7.88. The van der Waals surface area contributed by atoms with Gasteiger partial charge in [0.15, 0.2) is 0 Å². The number of fused-ring (bicyclic) bond motifs is 1. The summed E-state index contributed by atoms with van der Waals surface area (Å²) in [4.78, 5) is 15.7. The van der Waals surface area contributed by atoms with E-state index in [0.29, 0.717) is 18.4 Å². The Labute approximate surface area is 167 Å². The Kier molecular flexibility index (Phi) is 7.97. The minimum atomic E-state index is -5.08. The Hall–Kier alpha value is -1.76. The second-order valence-electron chi connectivity index (χ2n) is 7.06. The Morgan fingerprint density at radius 2 is 2.10 bits per heavy atom. The molecule has 3 rings (SSSR count). The molecule has 0 spiro atoms. The minimum Gasteiger partial charge on any atom is -0.475 e. The molecule has 0 saturated carbocycles. The molecular formula is C17H24F3N3O5S. The van der Waals surface area contributed by atoms with Gasteiger partial charge in [0.05, 0.1) is 24.7 Å². The van der Waals surface area contributed by atoms with Crippen LogP contribution in [-0.2, 0) is 26.1 Å². The number of hydrogen-bond acceptors (Lipinski definition) is 6. The van der Waals surface area contributed by atoms with E-state index >= 15 is 0 Å². The molecule has 3 heterocycles. The van der Waals surface area contributed by atoms with Gasteiger partial charge in [-0.15, -0.1) is 0 Å². The van der Waals surface area contributed by atoms with E-state index in [-0.39, 0.29) is 6.10 Å². The monoisotopic (exact) mass is 439 g/mol. The van der Waals surface area contributed by atoms with E-state index in [4.69, 9.17) is 14.6 Å². The summed E-state index contributed by atoms with van der Waals surface area (Å²) in [5.74, 6) is -1.81. The van der Waals surface area contributed by atoms with Gasteiger partial charge in [0, 0.05) is 31.7 Å². The van der Waals surface area contributed by atoms with Gasteiger partial charge in [-0.2, -0.15) is 13.2 Å². The number of rotatable bonds is 5. The zero-order chi connectivity index (χ0) is 21.7. The maximum atomic E-state index is 11.2. The lowest BCUT2D eigenvalue weighted by Crippen LogP contribution is -2.43. The first-order valence-corrected chi connectivity index (χ1v) is 10.8. The molecule has 0 bridgehead atoms. The van der Waals surface area contributed by atoms with Crippen LogP contribution in [0.5, 0.6) is 0 Å². The van der Waals surface area contributed by atoms with Crippen LogP contribution < -0.4 is 4.72 Å². The number of hydrogen-bond donors (Lipinski definition) is 2. The Bertz CT molecular complexity index is 776. The molecule has 0 aromatic carbocycles. The van der Waals surface area contributed by atoms with E-state index in [2.05, 4.69) is 20.7 Å². The van der Waals surface area contributed by atoms with Crippen LogP contribution in [0.25, 0.3) is 0 Å². The number of carbonyl (C=O) groups is 1. The van der Waals surface area contributed by atoms with Gasteiger partial charge in [-0.1, -0.05) is 6.07 Å². The maximum absolute atomic E-state index is 11.2. The number of carboxylic acids is 1. The summed E-state index contributed by atoms with van der Waals surface area (Å²) in [5.41, 5.74) is 1.09. The molecule has 2 aliphatic rings. The van der Waals surface area contributed by atoms with Crippen LogP contribution in [-0.4, -0.2) is 74.2 Å². The van der Waals surface area contributed by atoms with Crippen LogP contribution in [0.4, 0.5) is 13.2 Å². The summed E-state index contributed by atoms with van der Waals surface area (Å²) in [6.45, 7) is 3.99. The lowest BCUT2D eigenvalue weighted by atomic mass is 9.84. The van der Waals surface area contributed by atoms with Gasteiger partial charge in [0.1, 0.15) is 0 Å². The summed E-state index contributed by atoms with van der Waals surface area (Å²) in [6.07, 6.45) is -1.01. The van der Waals surface area contributed by atoms with Gasteiger partial charge in [0.25, 0.3) is 0 Å². The molecule has 29 heavy (non-hydrogen) atoms. The van der Waals surface area contributed by atoms with Crippen LogP contribution in [0, 0.1) is 11.8 Å². The van der Waals surface area contributed by atoms with E-state index in [1.54, 1.807) is 0 Å². The first kappa shape index (κ1) is 23.5. The van der Waals surface area contributed by atoms with Crippen molar-refractivity contribution in [2.24, 2.45) is 11.8 Å². The number of aromatic nitrogens is 1. The minimum absolute atomic E-state index is 0.0109. The standard InChI is InChI=1S/C15H23N3O3S.C2HF3O2/c1-22(19,20)17-8-15-14-5-7-18(9-12(14)11-21-15)10-13-4-2-3-6-16-13;3-2(4,5)1(6)7/h2-4,6,12,14-15,17H,5,7-11H2,1H3;(H,6,7)/t12-,14-,15-;/m1./s1. The lowest BCUT2D eigenvalue weighted by Gasteiger charge is -2.35. The highest BCUT2D eigenvalue weighted by atomic mass is 32.2. The number of aliphatic carboxylic acids is 1. The topological polar surface area (TPSA) is 109 Å². The smallest absolute Gasteiger partial charge is 0.475 e. The summed E-state index contributed by atoms with van der Waals surface area (Å²) >= 11 is 0. The van der Waals surface area contributed by atoms with Crippen molar-refractivity contribution in [1.82, 2.24) is 14.6 Å². The molecule has 8 nitrogen and oxygen atoms in total. The first-order chi connectivity index (χ1) is 13.5. The Morgan fingerprint density at radius 1 is 1.41 bits per heavy atom. The molecule has 0 amide bonds. The fraction of sp³-hybridized carbons (Fsp3) is 0.647. The van der Waals surface area contributed by atoms with Gasteiger partial charge in [-0.05, 0) is 31.0 Å². The summed E-state index contributed by atoms with van der Waals surface area (Å²) < 4.78 is 62.6. The number of sulfonamides is 1. The van der Waals surface area contributed by atoms with Crippen molar-refractivity contribution in [3.63, 3.8) is 0 Å². The quantitative estimate of drug-likeness (QED) is 0.707. The van der Waals surface area contributed by atoms with E-state index in [1.807, 2.05) is 18.3 Å². The van der Waals surface area contributed by atoms with Crippen LogP contribution in [0.15, 0.2) is 24.4 Å². The molecule has 1 aromatic rings. The molecule has 3 atom stereocenters. The highest BCUT2D eigenvalue weighted by Gasteiger charge is 2.41. The third-order valence-corrected chi connectivity index (χ3v) is 5.47. The molecule has 2 aliphatic heterocycles. The normalized spacial score (nSPS) is 25.0. The first-order valence-electron chi connectivity index (χ1n) is 8.94. The average molecular weight is 439 g/mol. The van der Waals surface area contributed by atoms with Gasteiger partial charge < -0.3 is 9.84 Å². The molecule has 0 unspecified atom stereocenters. The lowest BCUT2D eigenvalue weighted by molar-refractivity contribution is -0.192. The summed E-state index contributed by atoms with van der Waals surface area (Å²) in [6, 6.07) is 6.00. The highest BCUT2D eigenvalue weighted by Crippen LogP contribution is 2.34. The van der Waals surface area contributed by atoms with Crippen molar-refractivity contribution in [1.29, 1.82) is 0 Å². The molecule has 12 heteroatoms. The van der Waals surface area contributed by atoms with E-state index in [9.17, 15) is 21.6 Å². The van der Waals surface area contributed by atoms with Crippen molar-refractivity contribution in [2.75, 3.05) is 32.5 Å². The Balaban J connectivity index is 0.000000370. The zero-order valence-corrected chi connectivity index (χ0v) is 16.6. The predicted octanol–water partition coefficient (Wildman–Crippen LogP) is 1.10. The number of halogens is 3. The predicted molar refractivity (Wildman–Crippen MR) is 97.4 cm³/mol. The van der Waals surface area contributed by atoms with Crippen LogP contribution >= 0.6 is 0 Å². The number of piperidine rings is 1. The van der Waals surface area contributed by atoms with Gasteiger partial charge >= 0.3 is 12.1 Å². The van der Waals surface area contributed by atoms with Crippen LogP contribution in [0.3, 0.4) is 0 Å². The van der Waals surface area contributed by atoms with Crippen molar-refractivity contribution in [3.8, 4) is 0 Å². The van der Waals surface area contributed by atoms with Crippen molar-refractivity contribution < 1.29 is 36.2 Å². The number of nitrogens with zero attached hydrogens (tertiary/aromatic N) is 2. The largest absolute Gasteiger partial charge is 0.490 e. The molecule has 2 fully saturated rings. The van der Waals surface area contributed by atoms with E-state index in [0.717, 1.165) is 38.4 Å². The van der Waals surface area contributed by atoms with E-state index in [1.165, 1.54) is 6.26 Å². The maximum Gasteiger partial charge on any atom is 0.490 e. The van der Waals surface area contributed by atoms with E-state index < -0.39 is 22.2 Å². The number of carboxylic acid groups (broad SMARTS) is 1. The fourth-order valence-electron chi connectivity index (χ4n) is 3.47. The Morgan fingerprint density at radius 3 is 2.66 bits per heavy atom. The average Bonchev–Trinajstić information content (AvgIpc) is 3.02. The molecular weight excluding hydrogens is 415 g/mol. The molecule has 0 radical (unpaired) electrons. The summed E-state index contributed by atoms with van der Waals surface area (Å²) in [7, 11) is -3.15. The SMILES string of the molecule is CS(=O)(=O)NC[C@H]1OC[C@H]2CN(Cc3ccccn3)CC[C@H]21.O=C(O)C(F)(F)F. The third-order valence-electron chi connectivity index (χ3n) is 4.78. The second kappa shape index (κ2) is 9.83. The van der Waals surface area contributed by atoms with Crippen LogP contribution in [0.2, 0.25) is 0 Å². The molecule has 164 valence electrons. The number of alkyl halides is 3. The number of nitrogens with one attached hydrogen (secondary N) is 1. The fourth-order valence-corrected chi connectivity index (χ4v) is 3.94. The number of likely N-dealkylation sites (tertiary alicyclic amines) is 1. The summed E-state index contributed by atoms with van der Waals surface area (Å²) in [5, 5.41) is 7.12. The van der Waals surface area contributed by atoms with Gasteiger partial charge in [-0.25, -0.2) is 17.9 Å².